The number of ether oxygens (including phenoxy) is 1. The van der Waals surface area contributed by atoms with Gasteiger partial charge < -0.3 is 4.74 Å². The zero-order valence-electron chi connectivity index (χ0n) is 8.19. The monoisotopic (exact) mass is 192 g/mol. The molecule has 3 nitrogen and oxygen atoms in total. The van der Waals surface area contributed by atoms with Crippen molar-refractivity contribution in [1.82, 2.24) is 0 Å². The quantitative estimate of drug-likeness (QED) is 0.415. The molecule has 1 rings (SSSR count). The van der Waals surface area contributed by atoms with Crippen molar-refractivity contribution in [2.75, 3.05) is 7.11 Å². The molecule has 14 heavy (non-hydrogen) atoms. The van der Waals surface area contributed by atoms with Crippen molar-refractivity contribution in [2.24, 2.45) is 5.92 Å². The highest BCUT2D eigenvalue weighted by molar-refractivity contribution is 6.08. The molecular formula is C11H12O3. The fourth-order valence-corrected chi connectivity index (χ4v) is 1.14. The Morgan fingerprint density at radius 3 is 2.29 bits per heavy atom. The lowest BCUT2D eigenvalue weighted by Gasteiger charge is -2.07. The van der Waals surface area contributed by atoms with E-state index in [0.717, 1.165) is 0 Å². The summed E-state index contributed by atoms with van der Waals surface area (Å²) < 4.78 is 4.49. The molecule has 0 unspecified atom stereocenters. The first-order valence-electron chi connectivity index (χ1n) is 4.34. The Labute approximate surface area is 82.7 Å². The van der Waals surface area contributed by atoms with E-state index in [1.165, 1.54) is 7.11 Å². The molecule has 0 bridgehead atoms. The predicted octanol–water partition coefficient (Wildman–Crippen LogP) is 1.68. The van der Waals surface area contributed by atoms with Gasteiger partial charge in [0, 0.05) is 5.56 Å². The van der Waals surface area contributed by atoms with E-state index < -0.39 is 11.9 Å². The average Bonchev–Trinajstić information content (AvgIpc) is 2.27. The molecule has 74 valence electrons. The van der Waals surface area contributed by atoms with Gasteiger partial charge in [0.1, 0.15) is 5.92 Å². The van der Waals surface area contributed by atoms with Crippen LogP contribution < -0.4 is 0 Å². The lowest BCUT2D eigenvalue weighted by Crippen LogP contribution is -2.22. The van der Waals surface area contributed by atoms with Gasteiger partial charge in [0.2, 0.25) is 0 Å². The van der Waals surface area contributed by atoms with E-state index >= 15 is 0 Å². The third kappa shape index (κ3) is 2.19. The van der Waals surface area contributed by atoms with Crippen molar-refractivity contribution < 1.29 is 14.3 Å². The van der Waals surface area contributed by atoms with Crippen LogP contribution in [-0.4, -0.2) is 18.9 Å². The van der Waals surface area contributed by atoms with E-state index in [2.05, 4.69) is 4.74 Å². The second kappa shape index (κ2) is 4.56. The predicted molar refractivity (Wildman–Crippen MR) is 52.0 cm³/mol. The third-order valence-electron chi connectivity index (χ3n) is 2.01. The summed E-state index contributed by atoms with van der Waals surface area (Å²) in [6.45, 7) is 1.54. The van der Waals surface area contributed by atoms with Crippen molar-refractivity contribution in [3.05, 3.63) is 35.9 Å². The van der Waals surface area contributed by atoms with Crippen molar-refractivity contribution >= 4 is 11.8 Å². The Kier molecular flexibility index (Phi) is 3.40. The maximum absolute atomic E-state index is 11.6. The van der Waals surface area contributed by atoms with Gasteiger partial charge in [-0.15, -0.1) is 0 Å². The number of carbonyl (C=O) groups is 2. The maximum atomic E-state index is 11.6. The van der Waals surface area contributed by atoms with E-state index in [4.69, 9.17) is 0 Å². The van der Waals surface area contributed by atoms with Gasteiger partial charge in [-0.2, -0.15) is 0 Å². The number of methoxy groups -OCH3 is 1. The van der Waals surface area contributed by atoms with Gasteiger partial charge >= 0.3 is 5.97 Å². The second-order valence-electron chi connectivity index (χ2n) is 2.98. The van der Waals surface area contributed by atoms with E-state index in [9.17, 15) is 9.59 Å². The number of hydrogen-bond acceptors (Lipinski definition) is 3. The molecule has 0 amide bonds. The molecule has 1 atom stereocenters. The van der Waals surface area contributed by atoms with Gasteiger partial charge in [-0.05, 0) is 6.92 Å². The highest BCUT2D eigenvalue weighted by atomic mass is 16.5. The average molecular weight is 192 g/mol. The molecule has 0 fully saturated rings. The fourth-order valence-electron chi connectivity index (χ4n) is 1.14. The van der Waals surface area contributed by atoms with E-state index in [-0.39, 0.29) is 5.78 Å². The van der Waals surface area contributed by atoms with Crippen molar-refractivity contribution in [3.8, 4) is 0 Å². The van der Waals surface area contributed by atoms with Crippen LogP contribution in [0.5, 0.6) is 0 Å². The molecule has 0 N–H and O–H groups in total. The molecule has 3 heteroatoms. The number of benzene rings is 1. The van der Waals surface area contributed by atoms with Crippen molar-refractivity contribution in [1.29, 1.82) is 0 Å². The first kappa shape index (κ1) is 10.4. The van der Waals surface area contributed by atoms with Crippen LogP contribution >= 0.6 is 0 Å². The van der Waals surface area contributed by atoms with Gasteiger partial charge in [0.15, 0.2) is 5.78 Å². The lowest BCUT2D eigenvalue weighted by atomic mass is 10.00. The van der Waals surface area contributed by atoms with Gasteiger partial charge in [0.25, 0.3) is 0 Å². The number of rotatable bonds is 3. The van der Waals surface area contributed by atoms with Crippen molar-refractivity contribution in [3.63, 3.8) is 0 Å². The number of ketones is 1. The standard InChI is InChI=1S/C11H12O3/c1-8(11(13)14-2)10(12)9-6-4-3-5-7-9/h3-8H,1-2H3/t8-/m1/s1. The Hall–Kier alpha value is -1.64. The molecule has 0 spiro atoms. The molecule has 0 aliphatic rings. The van der Waals surface area contributed by atoms with E-state index in [1.807, 2.05) is 6.07 Å². The van der Waals surface area contributed by atoms with Crippen LogP contribution in [0.25, 0.3) is 0 Å². The smallest absolute Gasteiger partial charge is 0.316 e. The minimum Gasteiger partial charge on any atom is -0.468 e. The van der Waals surface area contributed by atoms with Gasteiger partial charge in [-0.3, -0.25) is 9.59 Å². The summed E-state index contributed by atoms with van der Waals surface area (Å²) in [5.74, 6) is -1.45. The van der Waals surface area contributed by atoms with Gasteiger partial charge in [0.05, 0.1) is 7.11 Å². The lowest BCUT2D eigenvalue weighted by molar-refractivity contribution is -0.143. The summed E-state index contributed by atoms with van der Waals surface area (Å²) in [6.07, 6.45) is 0. The summed E-state index contributed by atoms with van der Waals surface area (Å²) in [4.78, 5) is 22.7. The number of esters is 1. The first-order valence-corrected chi connectivity index (χ1v) is 4.34. The minimum atomic E-state index is -0.734. The maximum Gasteiger partial charge on any atom is 0.316 e. The second-order valence-corrected chi connectivity index (χ2v) is 2.98. The minimum absolute atomic E-state index is 0.211. The Morgan fingerprint density at radius 2 is 1.79 bits per heavy atom. The molecule has 0 aliphatic carbocycles. The fraction of sp³-hybridized carbons (Fsp3) is 0.273. The first-order chi connectivity index (χ1) is 6.66. The zero-order chi connectivity index (χ0) is 10.6. The van der Waals surface area contributed by atoms with Crippen LogP contribution in [0.1, 0.15) is 17.3 Å². The molecule has 1 aromatic carbocycles. The van der Waals surface area contributed by atoms with Gasteiger partial charge in [-0.25, -0.2) is 0 Å². The van der Waals surface area contributed by atoms with Crippen LogP contribution in [0.4, 0.5) is 0 Å². The molecule has 0 aromatic heterocycles. The summed E-state index contributed by atoms with van der Waals surface area (Å²) in [6, 6.07) is 8.71. The zero-order valence-corrected chi connectivity index (χ0v) is 8.19. The molecule has 0 aliphatic heterocycles. The molecule has 0 saturated carbocycles. The van der Waals surface area contributed by atoms with Crippen LogP contribution in [0, 0.1) is 5.92 Å². The third-order valence-corrected chi connectivity index (χ3v) is 2.01. The highest BCUT2D eigenvalue weighted by Gasteiger charge is 2.22. The van der Waals surface area contributed by atoms with Crippen LogP contribution in [0.2, 0.25) is 0 Å². The van der Waals surface area contributed by atoms with Gasteiger partial charge in [-0.1, -0.05) is 30.3 Å². The largest absolute Gasteiger partial charge is 0.468 e. The van der Waals surface area contributed by atoms with E-state index in [0.29, 0.717) is 5.56 Å². The molecular weight excluding hydrogens is 180 g/mol. The number of carbonyl (C=O) groups excluding carboxylic acids is 2. The number of Topliss-reactive ketones (excluding diaryl/α,β-unsaturated/α-hetero) is 1. The Balaban J connectivity index is 2.81. The molecule has 0 radical (unpaired) electrons. The topological polar surface area (TPSA) is 43.4 Å². The Morgan fingerprint density at radius 1 is 1.21 bits per heavy atom. The SMILES string of the molecule is COC(=O)[C@H](C)C(=O)c1ccccc1. The summed E-state index contributed by atoms with van der Waals surface area (Å²) >= 11 is 0. The number of hydrogen-bond donors (Lipinski definition) is 0. The summed E-state index contributed by atoms with van der Waals surface area (Å²) in [5, 5.41) is 0. The van der Waals surface area contributed by atoms with Crippen molar-refractivity contribution in [2.45, 2.75) is 6.92 Å². The summed E-state index contributed by atoms with van der Waals surface area (Å²) in [5.41, 5.74) is 0.533. The normalized spacial score (nSPS) is 11.9. The van der Waals surface area contributed by atoms with E-state index in [1.54, 1.807) is 31.2 Å². The highest BCUT2D eigenvalue weighted by Crippen LogP contribution is 2.09. The Bertz CT molecular complexity index is 330. The molecule has 1 aromatic rings. The summed E-state index contributed by atoms with van der Waals surface area (Å²) in [7, 11) is 1.27. The molecule has 0 heterocycles. The van der Waals surface area contributed by atoms with Crippen LogP contribution in [-0.2, 0) is 9.53 Å². The van der Waals surface area contributed by atoms with Crippen LogP contribution in [0.3, 0.4) is 0 Å². The molecule has 0 saturated heterocycles. The van der Waals surface area contributed by atoms with Crippen LogP contribution in [0.15, 0.2) is 30.3 Å².